The van der Waals surface area contributed by atoms with Crippen LogP contribution in [0.2, 0.25) is 19.6 Å². The highest BCUT2D eigenvalue weighted by Crippen LogP contribution is 2.40. The van der Waals surface area contributed by atoms with E-state index in [1.165, 1.54) is 43.1 Å². The molecule has 0 heterocycles. The quantitative estimate of drug-likeness (QED) is 0.123. The molecule has 5 rings (SSSR count). The zero-order valence-corrected chi connectivity index (χ0v) is 16.4. The third-order valence-electron chi connectivity index (χ3n) is 5.10. The molecule has 0 nitrogen and oxygen atoms in total. The van der Waals surface area contributed by atoms with Crippen LogP contribution in [-0.4, -0.2) is 8.07 Å². The normalized spacial score (nSPS) is 12.1. The predicted molar refractivity (Wildman–Crippen MR) is 118 cm³/mol. The fraction of sp³-hybridized carbons (Fsp3) is 0.120. The summed E-state index contributed by atoms with van der Waals surface area (Å²) >= 11 is 0. The van der Waals surface area contributed by atoms with E-state index in [9.17, 15) is 0 Å². The summed E-state index contributed by atoms with van der Waals surface area (Å²) in [5, 5.41) is 10.6. The molecule has 0 amide bonds. The Morgan fingerprint density at radius 3 is 1.77 bits per heavy atom. The zero-order valence-electron chi connectivity index (χ0n) is 15.4. The molecule has 0 radical (unpaired) electrons. The highest BCUT2D eigenvalue weighted by molar-refractivity contribution is 6.83. The summed E-state index contributed by atoms with van der Waals surface area (Å²) in [6.45, 7) is 6.88. The van der Waals surface area contributed by atoms with E-state index >= 15 is 0 Å². The molecule has 0 saturated heterocycles. The van der Waals surface area contributed by atoms with Crippen molar-refractivity contribution < 1.29 is 0 Å². The number of rotatable bonds is 0. The lowest BCUT2D eigenvalue weighted by atomic mass is 9.88. The molecule has 0 N–H and O–H groups in total. The van der Waals surface area contributed by atoms with Gasteiger partial charge in [-0.2, -0.15) is 0 Å². The van der Waals surface area contributed by atoms with Crippen LogP contribution in [-0.2, 0) is 0 Å². The van der Waals surface area contributed by atoms with Crippen LogP contribution in [0.3, 0.4) is 0 Å². The standard InChI is InChI=1S/C25H20Si/c1-26(2,3)16-15-17-13-14-23-21-11-5-8-18-7-4-10-20(24(18)21)22-12-6-9-19(17)25(22)23/h4-14H,1-3H3. The molecule has 5 aromatic carbocycles. The molecule has 0 spiro atoms. The summed E-state index contributed by atoms with van der Waals surface area (Å²) in [7, 11) is -1.41. The molecule has 0 aliphatic carbocycles. The van der Waals surface area contributed by atoms with Gasteiger partial charge in [-0.1, -0.05) is 86.2 Å². The SMILES string of the molecule is C[Si](C)(C)C#Cc1ccc2c3cccc4cccc(c5cccc1c52)c43. The van der Waals surface area contributed by atoms with E-state index in [0.29, 0.717) is 0 Å². The molecular weight excluding hydrogens is 328 g/mol. The highest BCUT2D eigenvalue weighted by atomic mass is 28.3. The van der Waals surface area contributed by atoms with Crippen LogP contribution in [0.15, 0.2) is 66.7 Å². The van der Waals surface area contributed by atoms with Crippen molar-refractivity contribution in [3.05, 3.63) is 72.3 Å². The lowest BCUT2D eigenvalue weighted by Crippen LogP contribution is -2.16. The monoisotopic (exact) mass is 348 g/mol. The number of fused-ring (bicyclic) bond motifs is 2. The van der Waals surface area contributed by atoms with Gasteiger partial charge in [0.1, 0.15) is 8.07 Å². The van der Waals surface area contributed by atoms with Crippen molar-refractivity contribution in [3.8, 4) is 11.5 Å². The third kappa shape index (κ3) is 2.23. The first-order chi connectivity index (χ1) is 12.5. The summed E-state index contributed by atoms with van der Waals surface area (Å²) in [5.74, 6) is 3.49. The third-order valence-corrected chi connectivity index (χ3v) is 5.97. The minimum Gasteiger partial charge on any atom is -0.127 e. The van der Waals surface area contributed by atoms with Crippen LogP contribution in [0.1, 0.15) is 5.56 Å². The van der Waals surface area contributed by atoms with Crippen LogP contribution in [0.5, 0.6) is 0 Å². The molecule has 0 unspecified atom stereocenters. The Hall–Kier alpha value is -2.82. The Morgan fingerprint density at radius 1 is 0.577 bits per heavy atom. The Balaban J connectivity index is 2.01. The topological polar surface area (TPSA) is 0 Å². The van der Waals surface area contributed by atoms with Gasteiger partial charge in [0.25, 0.3) is 0 Å². The molecule has 0 aliphatic rings. The summed E-state index contributed by atoms with van der Waals surface area (Å²) < 4.78 is 0. The van der Waals surface area contributed by atoms with Crippen LogP contribution in [0.25, 0.3) is 43.1 Å². The van der Waals surface area contributed by atoms with Crippen LogP contribution in [0.4, 0.5) is 0 Å². The Bertz CT molecular complexity index is 1310. The van der Waals surface area contributed by atoms with Crippen molar-refractivity contribution in [3.63, 3.8) is 0 Å². The van der Waals surface area contributed by atoms with Crippen LogP contribution in [0, 0.1) is 11.5 Å². The maximum Gasteiger partial charge on any atom is 0.129 e. The molecule has 5 aromatic rings. The van der Waals surface area contributed by atoms with E-state index in [0.717, 1.165) is 5.56 Å². The van der Waals surface area contributed by atoms with Gasteiger partial charge in [0.05, 0.1) is 0 Å². The largest absolute Gasteiger partial charge is 0.129 e. The summed E-state index contributed by atoms with van der Waals surface area (Å²) in [4.78, 5) is 0. The zero-order chi connectivity index (χ0) is 17.9. The molecule has 0 bridgehead atoms. The lowest BCUT2D eigenvalue weighted by molar-refractivity contribution is 1.74. The van der Waals surface area contributed by atoms with Gasteiger partial charge in [0.15, 0.2) is 0 Å². The van der Waals surface area contributed by atoms with Gasteiger partial charge in [-0.25, -0.2) is 0 Å². The van der Waals surface area contributed by atoms with Gasteiger partial charge in [-0.15, -0.1) is 5.54 Å². The maximum atomic E-state index is 3.53. The van der Waals surface area contributed by atoms with Gasteiger partial charge in [-0.3, -0.25) is 0 Å². The van der Waals surface area contributed by atoms with E-state index < -0.39 is 8.07 Å². The van der Waals surface area contributed by atoms with Crippen molar-refractivity contribution in [1.29, 1.82) is 0 Å². The molecular formula is C25H20Si. The van der Waals surface area contributed by atoms with Crippen molar-refractivity contribution in [1.82, 2.24) is 0 Å². The van der Waals surface area contributed by atoms with E-state index in [-0.39, 0.29) is 0 Å². The molecule has 26 heavy (non-hydrogen) atoms. The van der Waals surface area contributed by atoms with E-state index in [2.05, 4.69) is 97.8 Å². The second-order valence-electron chi connectivity index (χ2n) is 8.10. The smallest absolute Gasteiger partial charge is 0.127 e. The Morgan fingerprint density at radius 2 is 1.12 bits per heavy atom. The molecule has 0 fully saturated rings. The van der Waals surface area contributed by atoms with Crippen molar-refractivity contribution >= 4 is 51.2 Å². The average molecular weight is 349 g/mol. The summed E-state index contributed by atoms with van der Waals surface area (Å²) in [5.41, 5.74) is 4.69. The number of benzene rings is 5. The minimum atomic E-state index is -1.41. The van der Waals surface area contributed by atoms with E-state index in [1.807, 2.05) is 0 Å². The maximum absolute atomic E-state index is 3.53. The van der Waals surface area contributed by atoms with Crippen molar-refractivity contribution in [2.24, 2.45) is 0 Å². The Labute approximate surface area is 154 Å². The molecule has 0 atom stereocenters. The van der Waals surface area contributed by atoms with Gasteiger partial charge in [-0.05, 0) is 49.2 Å². The van der Waals surface area contributed by atoms with E-state index in [1.54, 1.807) is 0 Å². The average Bonchev–Trinajstić information content (AvgIpc) is 2.64. The van der Waals surface area contributed by atoms with Crippen molar-refractivity contribution in [2.45, 2.75) is 19.6 Å². The highest BCUT2D eigenvalue weighted by Gasteiger charge is 2.14. The van der Waals surface area contributed by atoms with Crippen LogP contribution < -0.4 is 0 Å². The molecule has 0 aromatic heterocycles. The summed E-state index contributed by atoms with van der Waals surface area (Å²) in [6, 6.07) is 24.4. The first kappa shape index (κ1) is 15.4. The van der Waals surface area contributed by atoms with Crippen molar-refractivity contribution in [2.75, 3.05) is 0 Å². The van der Waals surface area contributed by atoms with Gasteiger partial charge >= 0.3 is 0 Å². The number of hydrogen-bond donors (Lipinski definition) is 0. The minimum absolute atomic E-state index is 1.15. The van der Waals surface area contributed by atoms with Crippen LogP contribution >= 0.6 is 0 Å². The lowest BCUT2D eigenvalue weighted by Gasteiger charge is -2.15. The fourth-order valence-electron chi connectivity index (χ4n) is 4.01. The summed E-state index contributed by atoms with van der Waals surface area (Å²) in [6.07, 6.45) is 0. The second kappa shape index (κ2) is 5.33. The Kier molecular flexibility index (Phi) is 3.17. The number of hydrogen-bond acceptors (Lipinski definition) is 0. The first-order valence-electron chi connectivity index (χ1n) is 9.14. The fourth-order valence-corrected chi connectivity index (χ4v) is 4.52. The van der Waals surface area contributed by atoms with Gasteiger partial charge in [0, 0.05) is 5.56 Å². The van der Waals surface area contributed by atoms with Gasteiger partial charge in [0.2, 0.25) is 0 Å². The molecule has 0 saturated carbocycles. The molecule has 124 valence electrons. The molecule has 0 aliphatic heterocycles. The second-order valence-corrected chi connectivity index (χ2v) is 12.8. The van der Waals surface area contributed by atoms with Gasteiger partial charge < -0.3 is 0 Å². The van der Waals surface area contributed by atoms with E-state index in [4.69, 9.17) is 0 Å². The molecule has 1 heteroatoms. The predicted octanol–water partition coefficient (Wildman–Crippen LogP) is 6.97. The first-order valence-corrected chi connectivity index (χ1v) is 12.6.